The number of nitrogens with one attached hydrogen (secondary N) is 2. The maximum atomic E-state index is 12.0. The number of imidazole rings is 1. The molecule has 0 aliphatic carbocycles. The van der Waals surface area contributed by atoms with E-state index in [9.17, 15) is 8.42 Å². The first-order valence-electron chi connectivity index (χ1n) is 5.87. The van der Waals surface area contributed by atoms with Crippen molar-refractivity contribution in [1.82, 2.24) is 14.7 Å². The van der Waals surface area contributed by atoms with Crippen molar-refractivity contribution in [3.05, 3.63) is 48.0 Å². The number of aromatic amines is 1. The van der Waals surface area contributed by atoms with E-state index in [1.165, 1.54) is 12.1 Å². The van der Waals surface area contributed by atoms with E-state index in [1.54, 1.807) is 24.5 Å². The van der Waals surface area contributed by atoms with Gasteiger partial charge in [0.05, 0.1) is 4.90 Å². The van der Waals surface area contributed by atoms with E-state index in [-0.39, 0.29) is 16.4 Å². The number of hydrogen-bond donors (Lipinski definition) is 3. The van der Waals surface area contributed by atoms with Crippen LogP contribution in [0.1, 0.15) is 11.4 Å². The number of nitrogens with zero attached hydrogens (tertiary/aromatic N) is 1. The van der Waals surface area contributed by atoms with Gasteiger partial charge < -0.3 is 10.7 Å². The number of aromatic nitrogens is 2. The zero-order chi connectivity index (χ0) is 14.6. The molecule has 1 heterocycles. The van der Waals surface area contributed by atoms with Crippen LogP contribution >= 0.6 is 12.2 Å². The smallest absolute Gasteiger partial charge is 0.240 e. The quantitative estimate of drug-likeness (QED) is 0.677. The third-order valence-electron chi connectivity index (χ3n) is 2.66. The molecule has 8 heteroatoms. The van der Waals surface area contributed by atoms with E-state index < -0.39 is 10.0 Å². The number of nitrogens with two attached hydrogens (primary N) is 1. The monoisotopic (exact) mass is 310 g/mol. The Morgan fingerprint density at radius 2 is 2.05 bits per heavy atom. The Bertz CT molecular complexity index is 679. The van der Waals surface area contributed by atoms with Gasteiger partial charge in [0, 0.05) is 30.9 Å². The molecule has 0 amide bonds. The first-order chi connectivity index (χ1) is 9.49. The van der Waals surface area contributed by atoms with Crippen LogP contribution in [0.3, 0.4) is 0 Å². The highest BCUT2D eigenvalue weighted by Gasteiger charge is 2.13. The Labute approximate surface area is 122 Å². The third kappa shape index (κ3) is 3.62. The highest BCUT2D eigenvalue weighted by molar-refractivity contribution is 7.89. The molecule has 2 aromatic rings. The average Bonchev–Trinajstić information content (AvgIpc) is 2.92. The number of rotatable bonds is 6. The summed E-state index contributed by atoms with van der Waals surface area (Å²) in [6.07, 6.45) is 3.81. The lowest BCUT2D eigenvalue weighted by molar-refractivity contribution is 0.581. The molecule has 0 bridgehead atoms. The van der Waals surface area contributed by atoms with Gasteiger partial charge in [-0.15, -0.1) is 0 Å². The van der Waals surface area contributed by atoms with Gasteiger partial charge in [0.2, 0.25) is 10.0 Å². The fraction of sp³-hybridized carbons (Fsp3) is 0.167. The molecule has 1 aromatic heterocycles. The standard InChI is InChI=1S/C12H14N4O2S2/c13-12(19)9-1-3-10(4-2-9)20(17,18)16-6-5-11-14-7-8-15-11/h1-4,7-8,16H,5-6H2,(H2,13,19)(H,14,15). The molecule has 0 atom stereocenters. The molecule has 106 valence electrons. The van der Waals surface area contributed by atoms with Crippen molar-refractivity contribution in [1.29, 1.82) is 0 Å². The van der Waals surface area contributed by atoms with E-state index >= 15 is 0 Å². The van der Waals surface area contributed by atoms with Crippen molar-refractivity contribution in [3.8, 4) is 0 Å². The number of hydrogen-bond acceptors (Lipinski definition) is 4. The summed E-state index contributed by atoms with van der Waals surface area (Å²) in [7, 11) is -3.53. The molecule has 0 aliphatic heterocycles. The maximum absolute atomic E-state index is 12.0. The fourth-order valence-corrected chi connectivity index (χ4v) is 2.79. The molecular weight excluding hydrogens is 296 g/mol. The molecule has 0 saturated carbocycles. The van der Waals surface area contributed by atoms with Crippen LogP contribution in [-0.2, 0) is 16.4 Å². The van der Waals surface area contributed by atoms with E-state index in [0.29, 0.717) is 12.0 Å². The lowest BCUT2D eigenvalue weighted by atomic mass is 10.2. The predicted octanol–water partition coefficient (Wildman–Crippen LogP) is 0.565. The zero-order valence-corrected chi connectivity index (χ0v) is 12.2. The van der Waals surface area contributed by atoms with Crippen LogP contribution < -0.4 is 10.5 Å². The molecule has 0 saturated heterocycles. The Morgan fingerprint density at radius 1 is 1.35 bits per heavy atom. The third-order valence-corrected chi connectivity index (χ3v) is 4.37. The van der Waals surface area contributed by atoms with Crippen LogP contribution in [0.4, 0.5) is 0 Å². The highest BCUT2D eigenvalue weighted by atomic mass is 32.2. The molecule has 0 spiro atoms. The highest BCUT2D eigenvalue weighted by Crippen LogP contribution is 2.10. The van der Waals surface area contributed by atoms with Gasteiger partial charge >= 0.3 is 0 Å². The van der Waals surface area contributed by atoms with Crippen molar-refractivity contribution in [3.63, 3.8) is 0 Å². The minimum atomic E-state index is -3.53. The first kappa shape index (κ1) is 14.6. The predicted molar refractivity (Wildman–Crippen MR) is 79.8 cm³/mol. The van der Waals surface area contributed by atoms with E-state index in [1.807, 2.05) is 0 Å². The average molecular weight is 310 g/mol. The molecular formula is C12H14N4O2S2. The summed E-state index contributed by atoms with van der Waals surface area (Å²) in [5.41, 5.74) is 6.10. The lowest BCUT2D eigenvalue weighted by Gasteiger charge is -2.06. The van der Waals surface area contributed by atoms with Gasteiger partial charge in [-0.25, -0.2) is 18.1 Å². The Kier molecular flexibility index (Phi) is 4.48. The van der Waals surface area contributed by atoms with Gasteiger partial charge in [0.25, 0.3) is 0 Å². The summed E-state index contributed by atoms with van der Waals surface area (Å²) in [6.45, 7) is 0.271. The maximum Gasteiger partial charge on any atom is 0.240 e. The molecule has 2 rings (SSSR count). The summed E-state index contributed by atoms with van der Waals surface area (Å²) in [5.74, 6) is 0.733. The molecule has 0 unspecified atom stereocenters. The molecule has 0 fully saturated rings. The van der Waals surface area contributed by atoms with Gasteiger partial charge in [0.1, 0.15) is 10.8 Å². The second-order valence-corrected chi connectivity index (χ2v) is 6.28. The normalized spacial score (nSPS) is 11.4. The minimum absolute atomic E-state index is 0.178. The van der Waals surface area contributed by atoms with E-state index in [4.69, 9.17) is 18.0 Å². The van der Waals surface area contributed by atoms with Crippen LogP contribution in [0.2, 0.25) is 0 Å². The second kappa shape index (κ2) is 6.12. The summed E-state index contributed by atoms with van der Waals surface area (Å²) in [4.78, 5) is 7.34. The molecule has 1 aromatic carbocycles. The fourth-order valence-electron chi connectivity index (χ4n) is 1.62. The lowest BCUT2D eigenvalue weighted by Crippen LogP contribution is -2.26. The molecule has 20 heavy (non-hydrogen) atoms. The number of H-pyrrole nitrogens is 1. The van der Waals surface area contributed by atoms with Gasteiger partial charge in [-0.05, 0) is 12.1 Å². The Balaban J connectivity index is 2.00. The van der Waals surface area contributed by atoms with Crippen LogP contribution in [0.15, 0.2) is 41.6 Å². The van der Waals surface area contributed by atoms with Crippen LogP contribution in [0.5, 0.6) is 0 Å². The molecule has 6 nitrogen and oxygen atoms in total. The summed E-state index contributed by atoms with van der Waals surface area (Å²) < 4.78 is 26.6. The zero-order valence-electron chi connectivity index (χ0n) is 10.5. The topological polar surface area (TPSA) is 101 Å². The second-order valence-electron chi connectivity index (χ2n) is 4.07. The summed E-state index contributed by atoms with van der Waals surface area (Å²) >= 11 is 4.82. The number of benzene rings is 1. The largest absolute Gasteiger partial charge is 0.389 e. The Hall–Kier alpha value is -1.77. The van der Waals surface area contributed by atoms with Crippen LogP contribution in [-0.4, -0.2) is 29.9 Å². The van der Waals surface area contributed by atoms with Crippen molar-refractivity contribution in [2.75, 3.05) is 6.54 Å². The first-order valence-corrected chi connectivity index (χ1v) is 7.76. The minimum Gasteiger partial charge on any atom is -0.389 e. The van der Waals surface area contributed by atoms with Crippen molar-refractivity contribution in [2.24, 2.45) is 5.73 Å². The van der Waals surface area contributed by atoms with E-state index in [0.717, 1.165) is 5.82 Å². The van der Waals surface area contributed by atoms with Gasteiger partial charge in [-0.1, -0.05) is 24.4 Å². The van der Waals surface area contributed by atoms with Gasteiger partial charge in [0.15, 0.2) is 0 Å². The van der Waals surface area contributed by atoms with Crippen molar-refractivity contribution in [2.45, 2.75) is 11.3 Å². The summed E-state index contributed by atoms with van der Waals surface area (Å²) in [6, 6.07) is 6.13. The molecule has 0 radical (unpaired) electrons. The number of sulfonamides is 1. The molecule has 0 aliphatic rings. The Morgan fingerprint density at radius 3 is 2.60 bits per heavy atom. The van der Waals surface area contributed by atoms with Crippen LogP contribution in [0, 0.1) is 0 Å². The molecule has 4 N–H and O–H groups in total. The SMILES string of the molecule is NC(=S)c1ccc(S(=O)(=O)NCCc2ncc[nH]2)cc1. The van der Waals surface area contributed by atoms with Crippen molar-refractivity contribution >= 4 is 27.2 Å². The van der Waals surface area contributed by atoms with E-state index in [2.05, 4.69) is 14.7 Å². The number of thiocarbonyl (C=S) groups is 1. The van der Waals surface area contributed by atoms with Crippen LogP contribution in [0.25, 0.3) is 0 Å². The summed E-state index contributed by atoms with van der Waals surface area (Å²) in [5, 5.41) is 0. The van der Waals surface area contributed by atoms with Gasteiger partial charge in [-0.2, -0.15) is 0 Å². The van der Waals surface area contributed by atoms with Gasteiger partial charge in [-0.3, -0.25) is 0 Å². The van der Waals surface area contributed by atoms with Crippen molar-refractivity contribution < 1.29 is 8.42 Å².